The van der Waals surface area contributed by atoms with Crippen LogP contribution in [0, 0.1) is 6.92 Å². The Labute approximate surface area is 226 Å². The van der Waals surface area contributed by atoms with Crippen molar-refractivity contribution in [3.8, 4) is 0 Å². The van der Waals surface area contributed by atoms with Crippen molar-refractivity contribution < 1.29 is 9.59 Å². The summed E-state index contributed by atoms with van der Waals surface area (Å²) in [5.41, 5.74) is 6.73. The van der Waals surface area contributed by atoms with Crippen molar-refractivity contribution >= 4 is 22.7 Å². The second kappa shape index (κ2) is 9.55. The Morgan fingerprint density at radius 2 is 1.74 bits per heavy atom. The number of aromatic nitrogens is 5. The normalized spacial score (nSPS) is 19.3. The predicted molar refractivity (Wildman–Crippen MR) is 146 cm³/mol. The molecule has 9 nitrogen and oxygen atoms in total. The van der Waals surface area contributed by atoms with E-state index in [0.717, 1.165) is 54.4 Å². The molecule has 2 amide bonds. The maximum Gasteiger partial charge on any atom is 0.276 e. The summed E-state index contributed by atoms with van der Waals surface area (Å²) in [6.07, 6.45) is 8.72. The fourth-order valence-corrected chi connectivity index (χ4v) is 6.04. The van der Waals surface area contributed by atoms with Crippen LogP contribution >= 0.6 is 0 Å². The minimum atomic E-state index is -0.117. The minimum absolute atomic E-state index is 0.0211. The fourth-order valence-electron chi connectivity index (χ4n) is 6.04. The second-order valence-electron chi connectivity index (χ2n) is 11.0. The molecule has 0 spiro atoms. The molecule has 1 unspecified atom stereocenters. The van der Waals surface area contributed by atoms with Crippen LogP contribution in [0.3, 0.4) is 0 Å². The van der Waals surface area contributed by atoms with E-state index in [4.69, 9.17) is 4.98 Å². The lowest BCUT2D eigenvalue weighted by Gasteiger charge is -2.34. The first-order valence-electron chi connectivity index (χ1n) is 13.9. The van der Waals surface area contributed by atoms with Gasteiger partial charge in [-0.15, -0.1) is 5.10 Å². The molecule has 0 N–H and O–H groups in total. The van der Waals surface area contributed by atoms with Crippen LogP contribution in [-0.2, 0) is 12.8 Å². The van der Waals surface area contributed by atoms with Gasteiger partial charge in [0, 0.05) is 60.6 Å². The summed E-state index contributed by atoms with van der Waals surface area (Å²) >= 11 is 0. The molecular formula is C30H31N7O2. The largest absolute Gasteiger partial charge is 0.335 e. The van der Waals surface area contributed by atoms with Crippen molar-refractivity contribution in [3.63, 3.8) is 0 Å². The fraction of sp³-hybridized carbons (Fsp3) is 0.400. The number of pyridine rings is 2. The SMILES string of the molecule is Cc1c2c(nc3cc(C(=O)N4CCN(C(=O)c5cn(C6CC6)nn5)CC4)ccc13)CC(c1ccccn1)CC2. The van der Waals surface area contributed by atoms with Gasteiger partial charge in [-0.2, -0.15) is 0 Å². The predicted octanol–water partition coefficient (Wildman–Crippen LogP) is 3.74. The van der Waals surface area contributed by atoms with Crippen LogP contribution < -0.4 is 0 Å². The monoisotopic (exact) mass is 521 g/mol. The molecule has 2 fully saturated rings. The Kier molecular flexibility index (Phi) is 5.86. The van der Waals surface area contributed by atoms with Gasteiger partial charge in [-0.05, 0) is 74.4 Å². The number of piperazine rings is 1. The number of carbonyl (C=O) groups excluding carboxylic acids is 2. The van der Waals surface area contributed by atoms with E-state index in [9.17, 15) is 9.59 Å². The average molecular weight is 522 g/mol. The number of rotatable bonds is 4. The van der Waals surface area contributed by atoms with Gasteiger partial charge in [0.25, 0.3) is 11.8 Å². The third kappa shape index (κ3) is 4.45. The number of nitrogens with zero attached hydrogens (tertiary/aromatic N) is 7. The molecule has 1 aliphatic heterocycles. The second-order valence-corrected chi connectivity index (χ2v) is 11.0. The molecule has 3 aromatic heterocycles. The van der Waals surface area contributed by atoms with Gasteiger partial charge in [0.2, 0.25) is 0 Å². The molecular weight excluding hydrogens is 490 g/mol. The first-order valence-corrected chi connectivity index (χ1v) is 13.9. The molecule has 9 heteroatoms. The highest BCUT2D eigenvalue weighted by Gasteiger charge is 2.30. The molecule has 0 radical (unpaired) electrons. The molecule has 3 aliphatic rings. The molecule has 1 aromatic carbocycles. The first kappa shape index (κ1) is 23.9. The molecule has 4 aromatic rings. The highest BCUT2D eigenvalue weighted by atomic mass is 16.2. The van der Waals surface area contributed by atoms with Crippen LogP contribution in [0.1, 0.15) is 74.6 Å². The molecule has 1 atom stereocenters. The first-order chi connectivity index (χ1) is 19.0. The van der Waals surface area contributed by atoms with E-state index in [0.29, 0.717) is 49.4 Å². The maximum absolute atomic E-state index is 13.4. The van der Waals surface area contributed by atoms with Gasteiger partial charge in [0.1, 0.15) is 0 Å². The van der Waals surface area contributed by atoms with Crippen molar-refractivity contribution in [2.24, 2.45) is 0 Å². The number of hydrogen-bond acceptors (Lipinski definition) is 6. The van der Waals surface area contributed by atoms with Crippen molar-refractivity contribution in [1.29, 1.82) is 0 Å². The van der Waals surface area contributed by atoms with E-state index in [-0.39, 0.29) is 11.8 Å². The zero-order valence-electron chi connectivity index (χ0n) is 22.1. The number of hydrogen-bond donors (Lipinski definition) is 0. The molecule has 2 aliphatic carbocycles. The highest BCUT2D eigenvalue weighted by Crippen LogP contribution is 2.35. The van der Waals surface area contributed by atoms with Crippen molar-refractivity contribution in [2.45, 2.75) is 51.0 Å². The van der Waals surface area contributed by atoms with Gasteiger partial charge in [-0.25, -0.2) is 4.68 Å². The van der Waals surface area contributed by atoms with Crippen molar-refractivity contribution in [3.05, 3.63) is 82.6 Å². The van der Waals surface area contributed by atoms with Gasteiger partial charge < -0.3 is 9.80 Å². The summed E-state index contributed by atoms with van der Waals surface area (Å²) in [7, 11) is 0. The van der Waals surface area contributed by atoms with Crippen LogP contribution in [0.4, 0.5) is 0 Å². The van der Waals surface area contributed by atoms with Crippen LogP contribution in [-0.4, -0.2) is 72.8 Å². The standard InChI is InChI=1S/C30H31N7O2/c1-19-23-9-5-20(25-4-2-3-11-31-25)16-26(23)32-27-17-21(6-10-24(19)27)29(38)35-12-14-36(15-13-35)30(39)28-18-37(34-33-28)22-7-8-22/h2-4,6,10-11,17-18,20,22H,5,7-9,12-16H2,1H3. The number of amides is 2. The Morgan fingerprint density at radius 1 is 0.949 bits per heavy atom. The van der Waals surface area contributed by atoms with Crippen molar-refractivity contribution in [2.75, 3.05) is 26.2 Å². The molecule has 39 heavy (non-hydrogen) atoms. The van der Waals surface area contributed by atoms with E-state index in [1.165, 1.54) is 11.1 Å². The smallest absolute Gasteiger partial charge is 0.276 e. The molecule has 198 valence electrons. The number of aryl methyl sites for hydroxylation is 1. The summed E-state index contributed by atoms with van der Waals surface area (Å²) in [5, 5.41) is 9.28. The topological polar surface area (TPSA) is 97.1 Å². The van der Waals surface area contributed by atoms with Gasteiger partial charge in [0.05, 0.1) is 17.8 Å². The summed E-state index contributed by atoms with van der Waals surface area (Å²) in [5.74, 6) is 0.227. The van der Waals surface area contributed by atoms with Gasteiger partial charge in [-0.1, -0.05) is 17.3 Å². The average Bonchev–Trinajstić information content (AvgIpc) is 3.72. The molecule has 1 saturated heterocycles. The van der Waals surface area contributed by atoms with Crippen LogP contribution in [0.25, 0.3) is 10.9 Å². The number of fused-ring (bicyclic) bond motifs is 2. The lowest BCUT2D eigenvalue weighted by atomic mass is 9.82. The van der Waals surface area contributed by atoms with E-state index in [2.05, 4.69) is 28.3 Å². The Balaban J connectivity index is 1.06. The minimum Gasteiger partial charge on any atom is -0.335 e. The van der Waals surface area contributed by atoms with Gasteiger partial charge >= 0.3 is 0 Å². The Morgan fingerprint density at radius 3 is 2.49 bits per heavy atom. The third-order valence-corrected chi connectivity index (χ3v) is 8.50. The zero-order valence-corrected chi connectivity index (χ0v) is 22.1. The summed E-state index contributed by atoms with van der Waals surface area (Å²) in [4.78, 5) is 39.6. The summed E-state index contributed by atoms with van der Waals surface area (Å²) in [6.45, 7) is 4.11. The van der Waals surface area contributed by atoms with Crippen molar-refractivity contribution in [1.82, 2.24) is 34.8 Å². The molecule has 0 bridgehead atoms. The molecule has 4 heterocycles. The molecule has 7 rings (SSSR count). The Hall–Kier alpha value is -4.14. The Bertz CT molecular complexity index is 1570. The summed E-state index contributed by atoms with van der Waals surface area (Å²) < 4.78 is 1.79. The van der Waals surface area contributed by atoms with E-state index in [1.54, 1.807) is 15.8 Å². The lowest BCUT2D eigenvalue weighted by molar-refractivity contribution is 0.0532. The van der Waals surface area contributed by atoms with Crippen LogP contribution in [0.5, 0.6) is 0 Å². The van der Waals surface area contributed by atoms with Gasteiger partial charge in [-0.3, -0.25) is 19.6 Å². The highest BCUT2D eigenvalue weighted by molar-refractivity contribution is 5.99. The maximum atomic E-state index is 13.4. The van der Waals surface area contributed by atoms with E-state index < -0.39 is 0 Å². The number of carbonyl (C=O) groups is 2. The van der Waals surface area contributed by atoms with Crippen LogP contribution in [0.15, 0.2) is 48.8 Å². The quantitative estimate of drug-likeness (QED) is 0.406. The summed E-state index contributed by atoms with van der Waals surface area (Å²) in [6, 6.07) is 12.4. The zero-order chi connectivity index (χ0) is 26.5. The number of benzene rings is 1. The van der Waals surface area contributed by atoms with Gasteiger partial charge in [0.15, 0.2) is 5.69 Å². The third-order valence-electron chi connectivity index (χ3n) is 8.50. The van der Waals surface area contributed by atoms with E-state index in [1.807, 2.05) is 41.4 Å². The van der Waals surface area contributed by atoms with E-state index >= 15 is 0 Å². The molecule has 1 saturated carbocycles. The van der Waals surface area contributed by atoms with Crippen LogP contribution in [0.2, 0.25) is 0 Å². The lowest BCUT2D eigenvalue weighted by Crippen LogP contribution is -2.50.